The van der Waals surface area contributed by atoms with Crippen LogP contribution in [0.15, 0.2) is 55.1 Å². The maximum Gasteiger partial charge on any atom is 0.274 e. The number of H-pyrrole nitrogens is 1. The highest BCUT2D eigenvalue weighted by Gasteiger charge is 2.21. The molecule has 0 atom stereocenters. The minimum absolute atomic E-state index is 0.0628. The second-order valence-electron chi connectivity index (χ2n) is 6.47. The Morgan fingerprint density at radius 3 is 2.89 bits per heavy atom. The first kappa shape index (κ1) is 17.0. The van der Waals surface area contributed by atoms with Gasteiger partial charge in [0.1, 0.15) is 5.69 Å². The molecule has 0 spiro atoms. The largest absolute Gasteiger partial charge is 0.348 e. The Labute approximate surface area is 156 Å². The molecule has 3 aromatic rings. The molecule has 7 nitrogen and oxygen atoms in total. The lowest BCUT2D eigenvalue weighted by Crippen LogP contribution is -2.37. The Balaban J connectivity index is 1.45. The Bertz CT molecular complexity index is 954. The molecule has 0 unspecified atom stereocenters. The zero-order valence-corrected chi connectivity index (χ0v) is 14.7. The second kappa shape index (κ2) is 7.41. The van der Waals surface area contributed by atoms with Crippen molar-refractivity contribution < 1.29 is 9.59 Å². The first-order chi connectivity index (χ1) is 13.2. The van der Waals surface area contributed by atoms with Crippen LogP contribution in [0.4, 0.5) is 5.69 Å². The van der Waals surface area contributed by atoms with Crippen molar-refractivity contribution in [2.45, 2.75) is 19.4 Å². The summed E-state index contributed by atoms with van der Waals surface area (Å²) in [7, 11) is 0. The minimum Gasteiger partial charge on any atom is -0.348 e. The highest BCUT2D eigenvalue weighted by molar-refractivity contribution is 6.02. The van der Waals surface area contributed by atoms with Crippen LogP contribution in [0.25, 0.3) is 0 Å². The van der Waals surface area contributed by atoms with Crippen LogP contribution in [0.1, 0.15) is 27.3 Å². The number of imidazole rings is 1. The van der Waals surface area contributed by atoms with E-state index in [1.54, 1.807) is 36.9 Å². The highest BCUT2D eigenvalue weighted by atomic mass is 16.2. The molecule has 7 heteroatoms. The number of rotatable bonds is 4. The summed E-state index contributed by atoms with van der Waals surface area (Å²) in [6.07, 6.45) is 5.95. The average Bonchev–Trinajstić information content (AvgIpc) is 3.21. The predicted octanol–water partition coefficient (Wildman–Crippen LogP) is 2.18. The number of pyridine rings is 1. The van der Waals surface area contributed by atoms with E-state index in [1.165, 1.54) is 5.56 Å². The molecule has 0 saturated heterocycles. The third kappa shape index (κ3) is 3.87. The van der Waals surface area contributed by atoms with Crippen LogP contribution in [0.3, 0.4) is 0 Å². The summed E-state index contributed by atoms with van der Waals surface area (Å²) in [5.41, 5.74) is 4.13. The van der Waals surface area contributed by atoms with Gasteiger partial charge in [0.15, 0.2) is 0 Å². The van der Waals surface area contributed by atoms with Crippen molar-refractivity contribution in [2.24, 2.45) is 0 Å². The van der Waals surface area contributed by atoms with Crippen LogP contribution in [0, 0.1) is 0 Å². The molecule has 0 radical (unpaired) electrons. The lowest BCUT2D eigenvalue weighted by atomic mass is 9.98. The molecule has 2 aromatic heterocycles. The quantitative estimate of drug-likeness (QED) is 0.745. The number of amides is 2. The van der Waals surface area contributed by atoms with Crippen molar-refractivity contribution in [2.75, 3.05) is 11.9 Å². The molecule has 1 aliphatic heterocycles. The third-order valence-electron chi connectivity index (χ3n) is 4.62. The number of anilines is 1. The number of carbonyl (C=O) groups excluding carboxylic acids is 2. The molecule has 0 fully saturated rings. The molecule has 0 saturated carbocycles. The summed E-state index contributed by atoms with van der Waals surface area (Å²) in [6.45, 7) is 1.23. The molecule has 1 aromatic carbocycles. The number of nitrogens with one attached hydrogen (secondary N) is 2. The zero-order chi connectivity index (χ0) is 18.6. The van der Waals surface area contributed by atoms with Crippen molar-refractivity contribution in [3.05, 3.63) is 77.6 Å². The van der Waals surface area contributed by atoms with Gasteiger partial charge in [0.05, 0.1) is 12.7 Å². The van der Waals surface area contributed by atoms with Crippen LogP contribution < -0.4 is 5.32 Å². The zero-order valence-electron chi connectivity index (χ0n) is 14.7. The van der Waals surface area contributed by atoms with Gasteiger partial charge in [-0.15, -0.1) is 0 Å². The number of hydrogen-bond donors (Lipinski definition) is 2. The van der Waals surface area contributed by atoms with Crippen molar-refractivity contribution in [1.29, 1.82) is 0 Å². The van der Waals surface area contributed by atoms with Gasteiger partial charge < -0.3 is 15.2 Å². The van der Waals surface area contributed by atoms with E-state index in [0.29, 0.717) is 30.9 Å². The molecular weight excluding hydrogens is 342 g/mol. The Morgan fingerprint density at radius 2 is 2.11 bits per heavy atom. The maximum atomic E-state index is 12.5. The van der Waals surface area contributed by atoms with E-state index < -0.39 is 0 Å². The molecule has 1 aliphatic rings. The van der Waals surface area contributed by atoms with Crippen molar-refractivity contribution in [3.63, 3.8) is 0 Å². The van der Waals surface area contributed by atoms with E-state index in [0.717, 1.165) is 17.7 Å². The van der Waals surface area contributed by atoms with Gasteiger partial charge in [-0.1, -0.05) is 12.1 Å². The number of nitrogens with zero attached hydrogens (tertiary/aromatic N) is 3. The number of hydrogen-bond acceptors (Lipinski definition) is 4. The fourth-order valence-corrected chi connectivity index (χ4v) is 3.20. The normalized spacial score (nSPS) is 13.1. The van der Waals surface area contributed by atoms with E-state index >= 15 is 0 Å². The number of carbonyl (C=O) groups is 2. The number of aromatic amines is 1. The number of benzene rings is 1. The molecule has 0 aliphatic carbocycles. The molecule has 0 bridgehead atoms. The van der Waals surface area contributed by atoms with Gasteiger partial charge in [0, 0.05) is 36.9 Å². The summed E-state index contributed by atoms with van der Waals surface area (Å²) in [5, 5.41) is 2.87. The third-order valence-corrected chi connectivity index (χ3v) is 4.62. The molecule has 27 heavy (non-hydrogen) atoms. The highest BCUT2D eigenvalue weighted by Crippen LogP contribution is 2.23. The van der Waals surface area contributed by atoms with Crippen molar-refractivity contribution in [3.8, 4) is 0 Å². The van der Waals surface area contributed by atoms with Crippen LogP contribution >= 0.6 is 0 Å². The monoisotopic (exact) mass is 361 g/mol. The molecule has 2 N–H and O–H groups in total. The van der Waals surface area contributed by atoms with Gasteiger partial charge >= 0.3 is 0 Å². The van der Waals surface area contributed by atoms with Gasteiger partial charge in [-0.05, 0) is 41.8 Å². The summed E-state index contributed by atoms with van der Waals surface area (Å²) < 4.78 is 0. The molecule has 4 rings (SSSR count). The topological polar surface area (TPSA) is 91.0 Å². The van der Waals surface area contributed by atoms with E-state index in [-0.39, 0.29) is 11.8 Å². The fraction of sp³-hybridized carbons (Fsp3) is 0.200. The maximum absolute atomic E-state index is 12.5. The predicted molar refractivity (Wildman–Crippen MR) is 100 cm³/mol. The second-order valence-corrected chi connectivity index (χ2v) is 6.47. The first-order valence-corrected chi connectivity index (χ1v) is 8.78. The molecular formula is C20H19N5O2. The lowest BCUT2D eigenvalue weighted by Gasteiger charge is -2.29. The average molecular weight is 361 g/mol. The molecule has 136 valence electrons. The Morgan fingerprint density at radius 1 is 1.19 bits per heavy atom. The molecule has 2 amide bonds. The van der Waals surface area contributed by atoms with E-state index in [4.69, 9.17) is 0 Å². The van der Waals surface area contributed by atoms with Crippen molar-refractivity contribution in [1.82, 2.24) is 19.9 Å². The number of fused-ring (bicyclic) bond motifs is 1. The van der Waals surface area contributed by atoms with E-state index in [1.807, 2.05) is 23.1 Å². The van der Waals surface area contributed by atoms with Crippen LogP contribution in [0.2, 0.25) is 0 Å². The summed E-state index contributed by atoms with van der Waals surface area (Å²) in [6, 6.07) is 11.1. The van der Waals surface area contributed by atoms with Gasteiger partial charge in [0.25, 0.3) is 5.91 Å². The Kier molecular flexibility index (Phi) is 4.65. The smallest absolute Gasteiger partial charge is 0.274 e. The fourth-order valence-electron chi connectivity index (χ4n) is 3.20. The van der Waals surface area contributed by atoms with Gasteiger partial charge in [-0.3, -0.25) is 14.6 Å². The van der Waals surface area contributed by atoms with Gasteiger partial charge in [-0.25, -0.2) is 4.98 Å². The molecule has 3 heterocycles. The summed E-state index contributed by atoms with van der Waals surface area (Å²) >= 11 is 0. The summed E-state index contributed by atoms with van der Waals surface area (Å²) in [4.78, 5) is 37.6. The van der Waals surface area contributed by atoms with Crippen LogP contribution in [-0.2, 0) is 24.2 Å². The standard InChI is InChI=1S/C20H19N5O2/c26-19(10-17-11-21-13-23-17)25-8-6-14-4-5-16(9-15(14)12-25)24-20(27)18-3-1-2-7-22-18/h1-5,7,9,11,13H,6,8,10,12H2,(H,21,23)(H,24,27). The van der Waals surface area contributed by atoms with Gasteiger partial charge in [0.2, 0.25) is 5.91 Å². The van der Waals surface area contributed by atoms with Crippen molar-refractivity contribution >= 4 is 17.5 Å². The summed E-state index contributed by atoms with van der Waals surface area (Å²) in [5.74, 6) is -0.189. The first-order valence-electron chi connectivity index (χ1n) is 8.78. The van der Waals surface area contributed by atoms with Gasteiger partial charge in [-0.2, -0.15) is 0 Å². The SMILES string of the molecule is O=C(Nc1ccc2c(c1)CN(C(=O)Cc1cnc[nH]1)CC2)c1ccccn1. The van der Waals surface area contributed by atoms with Crippen LogP contribution in [0.5, 0.6) is 0 Å². The Hall–Kier alpha value is -3.48. The van der Waals surface area contributed by atoms with Crippen LogP contribution in [-0.4, -0.2) is 38.2 Å². The van der Waals surface area contributed by atoms with E-state index in [2.05, 4.69) is 20.3 Å². The lowest BCUT2D eigenvalue weighted by molar-refractivity contribution is -0.131. The van der Waals surface area contributed by atoms with E-state index in [9.17, 15) is 9.59 Å². The number of aromatic nitrogens is 3. The minimum atomic E-state index is -0.251.